The second-order valence-corrected chi connectivity index (χ2v) is 10.0. The molecule has 2 aliphatic rings. The van der Waals surface area contributed by atoms with E-state index in [1.54, 1.807) is 38.6 Å². The fraction of sp³-hybridized carbons (Fsp3) is 0.519. The molecule has 1 atom stereocenters. The van der Waals surface area contributed by atoms with E-state index in [0.29, 0.717) is 31.2 Å². The maximum Gasteiger partial charge on any atom is 0.416 e. The molecule has 4 nitrogen and oxygen atoms in total. The number of rotatable bonds is 11. The molecule has 0 saturated carbocycles. The zero-order valence-electron chi connectivity index (χ0n) is 21.0. The molecule has 2 aliphatic carbocycles. The molecule has 35 heavy (non-hydrogen) atoms. The van der Waals surface area contributed by atoms with Gasteiger partial charge in [-0.2, -0.15) is 13.2 Å². The minimum absolute atomic E-state index is 0.184. The van der Waals surface area contributed by atoms with Crippen LogP contribution in [0.3, 0.4) is 0 Å². The summed E-state index contributed by atoms with van der Waals surface area (Å²) < 4.78 is 55.6. The zero-order chi connectivity index (χ0) is 26.1. The van der Waals surface area contributed by atoms with Crippen LogP contribution in [0.5, 0.6) is 0 Å². The normalized spacial score (nSPS) is 17.7. The number of carbonyl (C=O) groups excluding carboxylic acids is 1. The van der Waals surface area contributed by atoms with Gasteiger partial charge in [0.2, 0.25) is 0 Å². The Morgan fingerprint density at radius 2 is 1.89 bits per heavy atom. The van der Waals surface area contributed by atoms with Crippen LogP contribution in [0.2, 0.25) is 0 Å². The predicted octanol–water partition coefficient (Wildman–Crippen LogP) is 7.57. The van der Waals surface area contributed by atoms with Crippen LogP contribution < -0.4 is 0 Å². The van der Waals surface area contributed by atoms with Gasteiger partial charge in [0.15, 0.2) is 5.60 Å². The molecule has 0 aliphatic heterocycles. The number of ether oxygens (including phenoxy) is 3. The van der Waals surface area contributed by atoms with Crippen molar-refractivity contribution in [1.82, 2.24) is 0 Å². The standard InChI is InChI=1S/C27H35F3O4S/c1-6-20(17-33-22-10-8-9-21(11-12-22)27(28,29)30)18-35-24-14-13-23(15-19(3)16-24)34-26(4,5)25(31)32-7-2/h9-14,16,20H,6-8,15,17-18H2,1-5H3. The van der Waals surface area contributed by atoms with Gasteiger partial charge in [0, 0.05) is 23.0 Å². The summed E-state index contributed by atoms with van der Waals surface area (Å²) in [7, 11) is 0. The van der Waals surface area contributed by atoms with E-state index in [2.05, 4.69) is 13.0 Å². The largest absolute Gasteiger partial charge is 0.494 e. The summed E-state index contributed by atoms with van der Waals surface area (Å²) in [5, 5.41) is 0. The first kappa shape index (κ1) is 28.9. The van der Waals surface area contributed by atoms with E-state index in [1.807, 2.05) is 19.1 Å². The number of allylic oxidation sites excluding steroid dienone is 9. The highest BCUT2D eigenvalue weighted by Gasteiger charge is 2.33. The topological polar surface area (TPSA) is 44.8 Å². The SMILES string of the molecule is CCOC(=O)C(C)(C)OC1=CC=C(SCC(CC)COC2=CCC=C(C(F)(F)F)C=C2)C=C(C)C1. The number of alkyl halides is 3. The third kappa shape index (κ3) is 9.67. The number of esters is 1. The molecule has 0 aromatic rings. The second kappa shape index (κ2) is 13.1. The Morgan fingerprint density at radius 3 is 2.54 bits per heavy atom. The molecule has 0 saturated heterocycles. The fourth-order valence-electron chi connectivity index (χ4n) is 3.32. The number of hydrogen-bond acceptors (Lipinski definition) is 5. The van der Waals surface area contributed by atoms with Gasteiger partial charge >= 0.3 is 12.1 Å². The minimum atomic E-state index is -4.35. The highest BCUT2D eigenvalue weighted by molar-refractivity contribution is 8.03. The quantitative estimate of drug-likeness (QED) is 0.267. The van der Waals surface area contributed by atoms with Crippen LogP contribution in [-0.4, -0.2) is 36.7 Å². The predicted molar refractivity (Wildman–Crippen MR) is 135 cm³/mol. The summed E-state index contributed by atoms with van der Waals surface area (Å²) in [5.74, 6) is 1.78. The van der Waals surface area contributed by atoms with Gasteiger partial charge in [0.05, 0.1) is 18.8 Å². The Kier molecular flexibility index (Phi) is 10.8. The molecule has 0 bridgehead atoms. The van der Waals surface area contributed by atoms with Crippen LogP contribution in [0.15, 0.2) is 70.1 Å². The average Bonchev–Trinajstić information content (AvgIpc) is 3.11. The molecular weight excluding hydrogens is 477 g/mol. The summed E-state index contributed by atoms with van der Waals surface area (Å²) in [6, 6.07) is 0. The number of halogens is 3. The lowest BCUT2D eigenvalue weighted by molar-refractivity contribution is -0.163. The van der Waals surface area contributed by atoms with E-state index in [0.717, 1.165) is 34.8 Å². The average molecular weight is 513 g/mol. The molecule has 0 aromatic heterocycles. The Labute approximate surface area is 210 Å². The van der Waals surface area contributed by atoms with Gasteiger partial charge in [0.1, 0.15) is 11.5 Å². The highest BCUT2D eigenvalue weighted by Crippen LogP contribution is 2.31. The third-order valence-electron chi connectivity index (χ3n) is 5.39. The number of hydrogen-bond donors (Lipinski definition) is 0. The molecule has 0 fully saturated rings. The van der Waals surface area contributed by atoms with Crippen molar-refractivity contribution in [2.24, 2.45) is 5.92 Å². The first-order valence-corrected chi connectivity index (χ1v) is 12.8. The Hall–Kier alpha value is -2.35. The van der Waals surface area contributed by atoms with Crippen LogP contribution in [0.4, 0.5) is 13.2 Å². The van der Waals surface area contributed by atoms with Crippen LogP contribution in [0.25, 0.3) is 0 Å². The number of thioether (sulfide) groups is 1. The van der Waals surface area contributed by atoms with Crippen molar-refractivity contribution in [2.45, 2.75) is 65.7 Å². The van der Waals surface area contributed by atoms with Gasteiger partial charge in [0.25, 0.3) is 0 Å². The molecular formula is C27H35F3O4S. The van der Waals surface area contributed by atoms with Gasteiger partial charge in [-0.3, -0.25) is 0 Å². The van der Waals surface area contributed by atoms with Crippen molar-refractivity contribution in [3.8, 4) is 0 Å². The van der Waals surface area contributed by atoms with E-state index in [1.165, 1.54) is 6.08 Å². The summed E-state index contributed by atoms with van der Waals surface area (Å²) in [5.41, 5.74) is -0.618. The Balaban J connectivity index is 1.93. The lowest BCUT2D eigenvalue weighted by Gasteiger charge is -2.25. The highest BCUT2D eigenvalue weighted by atomic mass is 32.2. The molecule has 194 valence electrons. The molecule has 1 unspecified atom stereocenters. The van der Waals surface area contributed by atoms with Gasteiger partial charge in [-0.05, 0) is 77.0 Å². The van der Waals surface area contributed by atoms with E-state index >= 15 is 0 Å². The second-order valence-electron chi connectivity index (χ2n) is 8.93. The van der Waals surface area contributed by atoms with Gasteiger partial charge < -0.3 is 14.2 Å². The van der Waals surface area contributed by atoms with Crippen molar-refractivity contribution < 1.29 is 32.2 Å². The lowest BCUT2D eigenvalue weighted by atomic mass is 10.1. The molecule has 0 aromatic carbocycles. The molecule has 0 spiro atoms. The third-order valence-corrected chi connectivity index (χ3v) is 6.61. The fourth-order valence-corrected chi connectivity index (χ4v) is 4.53. The molecule has 0 N–H and O–H groups in total. The molecule has 0 heterocycles. The van der Waals surface area contributed by atoms with Crippen LogP contribution >= 0.6 is 11.8 Å². The minimum Gasteiger partial charge on any atom is -0.494 e. The first-order chi connectivity index (χ1) is 16.4. The lowest BCUT2D eigenvalue weighted by Crippen LogP contribution is -2.36. The van der Waals surface area contributed by atoms with Crippen molar-refractivity contribution in [1.29, 1.82) is 0 Å². The maximum atomic E-state index is 12.9. The van der Waals surface area contributed by atoms with Gasteiger partial charge in [-0.15, -0.1) is 11.8 Å². The van der Waals surface area contributed by atoms with Crippen molar-refractivity contribution >= 4 is 17.7 Å². The van der Waals surface area contributed by atoms with Gasteiger partial charge in [-0.25, -0.2) is 4.79 Å². The van der Waals surface area contributed by atoms with Crippen LogP contribution in [0.1, 0.15) is 53.9 Å². The van der Waals surface area contributed by atoms with Crippen molar-refractivity contribution in [3.63, 3.8) is 0 Å². The van der Waals surface area contributed by atoms with E-state index in [-0.39, 0.29) is 12.3 Å². The zero-order valence-corrected chi connectivity index (χ0v) is 21.9. The van der Waals surface area contributed by atoms with Crippen LogP contribution in [0, 0.1) is 5.92 Å². The van der Waals surface area contributed by atoms with E-state index in [4.69, 9.17) is 14.2 Å². The Bertz CT molecular complexity index is 937. The molecule has 0 radical (unpaired) electrons. The maximum absolute atomic E-state index is 12.9. The monoisotopic (exact) mass is 512 g/mol. The summed E-state index contributed by atoms with van der Waals surface area (Å²) >= 11 is 1.69. The van der Waals surface area contributed by atoms with Crippen molar-refractivity contribution in [2.75, 3.05) is 19.0 Å². The van der Waals surface area contributed by atoms with Gasteiger partial charge in [-0.1, -0.05) is 18.6 Å². The summed E-state index contributed by atoms with van der Waals surface area (Å²) in [4.78, 5) is 13.2. The van der Waals surface area contributed by atoms with E-state index < -0.39 is 23.3 Å². The smallest absolute Gasteiger partial charge is 0.416 e. The summed E-state index contributed by atoms with van der Waals surface area (Å²) in [6.07, 6.45) is 8.55. The first-order valence-electron chi connectivity index (χ1n) is 11.8. The molecule has 8 heteroatoms. The summed E-state index contributed by atoms with van der Waals surface area (Å²) in [6.45, 7) is 9.96. The molecule has 0 amide bonds. The van der Waals surface area contributed by atoms with E-state index in [9.17, 15) is 18.0 Å². The Morgan fingerprint density at radius 1 is 1.14 bits per heavy atom. The van der Waals surface area contributed by atoms with Crippen molar-refractivity contribution in [3.05, 3.63) is 70.1 Å². The number of carbonyl (C=O) groups is 1. The van der Waals surface area contributed by atoms with Crippen LogP contribution in [-0.2, 0) is 19.0 Å². The molecule has 2 rings (SSSR count).